The van der Waals surface area contributed by atoms with Gasteiger partial charge < -0.3 is 4.90 Å². The summed E-state index contributed by atoms with van der Waals surface area (Å²) >= 11 is 0. The summed E-state index contributed by atoms with van der Waals surface area (Å²) < 4.78 is 0. The van der Waals surface area contributed by atoms with Gasteiger partial charge in [0.05, 0.1) is 39.8 Å². The Hall–Kier alpha value is -5.53. The fourth-order valence-electron chi connectivity index (χ4n) is 7.31. The molecule has 2 aromatic heterocycles. The van der Waals surface area contributed by atoms with E-state index in [2.05, 4.69) is 122 Å². The lowest BCUT2D eigenvalue weighted by atomic mass is 9.65. The summed E-state index contributed by atoms with van der Waals surface area (Å²) in [6.45, 7) is 4.65. The molecule has 2 aliphatic rings. The standard InChI is InChI=1S/C39H28N4/c1-38(2)30-12-6-7-15-34(30)43(29-10-4-3-5-11-29)35-21-20-28(24-33(35)38)39(27-18-16-26(25-40)17-19-27)31-13-8-22-41-36(31)37-32(39)14-9-23-42-37/h3-24H,1-2H3. The maximum Gasteiger partial charge on any atom is 0.0991 e. The summed E-state index contributed by atoms with van der Waals surface area (Å²) in [5, 5.41) is 9.60. The van der Waals surface area contributed by atoms with Crippen LogP contribution in [0, 0.1) is 11.3 Å². The zero-order chi connectivity index (χ0) is 29.2. The summed E-state index contributed by atoms with van der Waals surface area (Å²) in [5.41, 5.74) is 12.0. The quantitative estimate of drug-likeness (QED) is 0.220. The molecular formula is C39H28N4. The Morgan fingerprint density at radius 3 is 1.84 bits per heavy atom. The number of anilines is 3. The molecule has 0 spiro atoms. The molecule has 6 aromatic rings. The Morgan fingerprint density at radius 2 is 1.16 bits per heavy atom. The van der Waals surface area contributed by atoms with Crippen molar-refractivity contribution < 1.29 is 0 Å². The van der Waals surface area contributed by atoms with Gasteiger partial charge in [-0.1, -0.05) is 86.6 Å². The van der Waals surface area contributed by atoms with Crippen molar-refractivity contribution in [1.82, 2.24) is 9.97 Å². The third-order valence-electron chi connectivity index (χ3n) is 9.27. The summed E-state index contributed by atoms with van der Waals surface area (Å²) in [4.78, 5) is 12.1. The molecular weight excluding hydrogens is 524 g/mol. The van der Waals surface area contributed by atoms with Crippen LogP contribution >= 0.6 is 0 Å². The summed E-state index contributed by atoms with van der Waals surface area (Å²) in [6, 6.07) is 45.0. The monoisotopic (exact) mass is 552 g/mol. The fourth-order valence-corrected chi connectivity index (χ4v) is 7.31. The van der Waals surface area contributed by atoms with Crippen molar-refractivity contribution in [1.29, 1.82) is 5.26 Å². The van der Waals surface area contributed by atoms with Crippen LogP contribution in [0.1, 0.15) is 52.8 Å². The van der Waals surface area contributed by atoms with E-state index in [0.29, 0.717) is 5.56 Å². The van der Waals surface area contributed by atoms with E-state index in [1.54, 1.807) is 0 Å². The molecule has 1 aliphatic heterocycles. The van der Waals surface area contributed by atoms with E-state index in [0.717, 1.165) is 39.3 Å². The summed E-state index contributed by atoms with van der Waals surface area (Å²) in [5.74, 6) is 0. The van der Waals surface area contributed by atoms with Crippen LogP contribution in [0.5, 0.6) is 0 Å². The van der Waals surface area contributed by atoms with Crippen LogP contribution in [0.3, 0.4) is 0 Å². The molecule has 43 heavy (non-hydrogen) atoms. The van der Waals surface area contributed by atoms with Gasteiger partial charge in [0.1, 0.15) is 0 Å². The normalized spacial score (nSPS) is 15.0. The van der Waals surface area contributed by atoms with Crippen LogP contribution in [-0.2, 0) is 10.8 Å². The molecule has 1 aliphatic carbocycles. The van der Waals surface area contributed by atoms with Crippen molar-refractivity contribution in [3.8, 4) is 17.5 Å². The van der Waals surface area contributed by atoms with E-state index < -0.39 is 5.41 Å². The topological polar surface area (TPSA) is 52.8 Å². The first kappa shape index (κ1) is 25.2. The number of hydrogen-bond acceptors (Lipinski definition) is 4. The third kappa shape index (κ3) is 3.43. The van der Waals surface area contributed by atoms with Gasteiger partial charge in [-0.25, -0.2) is 0 Å². The molecule has 0 N–H and O–H groups in total. The van der Waals surface area contributed by atoms with E-state index in [4.69, 9.17) is 9.97 Å². The van der Waals surface area contributed by atoms with Gasteiger partial charge in [-0.3, -0.25) is 9.97 Å². The lowest BCUT2D eigenvalue weighted by Gasteiger charge is -2.43. The Balaban J connectivity index is 1.46. The number of rotatable bonds is 3. The predicted octanol–water partition coefficient (Wildman–Crippen LogP) is 8.82. The number of pyridine rings is 2. The van der Waals surface area contributed by atoms with E-state index >= 15 is 0 Å². The zero-order valence-electron chi connectivity index (χ0n) is 24.0. The summed E-state index contributed by atoms with van der Waals surface area (Å²) in [7, 11) is 0. The second-order valence-corrected chi connectivity index (χ2v) is 11.8. The smallest absolute Gasteiger partial charge is 0.0991 e. The Morgan fingerprint density at radius 1 is 0.581 bits per heavy atom. The van der Waals surface area contributed by atoms with Crippen molar-refractivity contribution in [2.45, 2.75) is 24.7 Å². The molecule has 0 saturated heterocycles. The minimum atomic E-state index is -0.652. The zero-order valence-corrected chi connectivity index (χ0v) is 24.0. The van der Waals surface area contributed by atoms with E-state index in [-0.39, 0.29) is 5.41 Å². The second-order valence-electron chi connectivity index (χ2n) is 11.8. The maximum atomic E-state index is 9.60. The van der Waals surface area contributed by atoms with Crippen LogP contribution < -0.4 is 4.90 Å². The van der Waals surface area contributed by atoms with E-state index in [1.165, 1.54) is 22.5 Å². The lowest BCUT2D eigenvalue weighted by Crippen LogP contribution is -2.33. The van der Waals surface area contributed by atoms with Gasteiger partial charge in [-0.2, -0.15) is 5.26 Å². The van der Waals surface area contributed by atoms with Gasteiger partial charge >= 0.3 is 0 Å². The van der Waals surface area contributed by atoms with Crippen LogP contribution in [0.2, 0.25) is 0 Å². The molecule has 0 unspecified atom stereocenters. The molecule has 4 aromatic carbocycles. The predicted molar refractivity (Wildman–Crippen MR) is 171 cm³/mol. The van der Waals surface area contributed by atoms with Crippen molar-refractivity contribution in [3.63, 3.8) is 0 Å². The Kier molecular flexibility index (Phi) is 5.42. The van der Waals surface area contributed by atoms with Crippen LogP contribution in [-0.4, -0.2) is 9.97 Å². The van der Waals surface area contributed by atoms with Crippen molar-refractivity contribution in [2.75, 3.05) is 4.90 Å². The summed E-state index contributed by atoms with van der Waals surface area (Å²) in [6.07, 6.45) is 3.69. The highest BCUT2D eigenvalue weighted by molar-refractivity contribution is 5.87. The minimum Gasteiger partial charge on any atom is -0.310 e. The highest BCUT2D eigenvalue weighted by Crippen LogP contribution is 2.57. The van der Waals surface area contributed by atoms with Crippen molar-refractivity contribution in [3.05, 3.63) is 173 Å². The molecule has 204 valence electrons. The van der Waals surface area contributed by atoms with Crippen molar-refractivity contribution in [2.24, 2.45) is 0 Å². The van der Waals surface area contributed by atoms with Gasteiger partial charge in [0.25, 0.3) is 0 Å². The van der Waals surface area contributed by atoms with Crippen LogP contribution in [0.25, 0.3) is 11.4 Å². The third-order valence-corrected chi connectivity index (χ3v) is 9.27. The van der Waals surface area contributed by atoms with Crippen LogP contribution in [0.15, 0.2) is 134 Å². The number of benzene rings is 4. The number of fused-ring (bicyclic) bond motifs is 5. The largest absolute Gasteiger partial charge is 0.310 e. The van der Waals surface area contributed by atoms with Gasteiger partial charge in [-0.15, -0.1) is 0 Å². The molecule has 0 saturated carbocycles. The van der Waals surface area contributed by atoms with Crippen molar-refractivity contribution >= 4 is 17.1 Å². The first-order valence-electron chi connectivity index (χ1n) is 14.6. The fraction of sp³-hybridized carbons (Fsp3) is 0.103. The Labute approximate surface area is 251 Å². The second kappa shape index (κ2) is 9.24. The van der Waals surface area contributed by atoms with Gasteiger partial charge in [0.15, 0.2) is 0 Å². The average molecular weight is 553 g/mol. The molecule has 0 fully saturated rings. The van der Waals surface area contributed by atoms with E-state index in [9.17, 15) is 5.26 Å². The molecule has 0 atom stereocenters. The first-order chi connectivity index (χ1) is 21.0. The first-order valence-corrected chi connectivity index (χ1v) is 14.6. The average Bonchev–Trinajstić information content (AvgIpc) is 3.37. The number of aromatic nitrogens is 2. The number of hydrogen-bond donors (Lipinski definition) is 0. The van der Waals surface area contributed by atoms with Gasteiger partial charge in [-0.05, 0) is 81.9 Å². The number of nitrogens with zero attached hydrogens (tertiary/aromatic N) is 4. The minimum absolute atomic E-state index is 0.257. The highest BCUT2D eigenvalue weighted by atomic mass is 15.2. The molecule has 0 bridgehead atoms. The van der Waals surface area contributed by atoms with Gasteiger partial charge in [0.2, 0.25) is 0 Å². The lowest BCUT2D eigenvalue weighted by molar-refractivity contribution is 0.627. The molecule has 4 nitrogen and oxygen atoms in total. The molecule has 4 heteroatoms. The number of para-hydroxylation sites is 2. The highest BCUT2D eigenvalue weighted by Gasteiger charge is 2.48. The molecule has 3 heterocycles. The SMILES string of the molecule is CC1(C)c2ccccc2N(c2ccccc2)c2ccc(C3(c4ccc(C#N)cc4)c4cccnc4-c4ncccc43)cc21. The molecule has 8 rings (SSSR count). The van der Waals surface area contributed by atoms with Gasteiger partial charge in [0, 0.05) is 23.5 Å². The Bertz CT molecular complexity index is 2020. The molecule has 0 amide bonds. The van der Waals surface area contributed by atoms with Crippen LogP contribution in [0.4, 0.5) is 17.1 Å². The maximum absolute atomic E-state index is 9.60. The molecule has 0 radical (unpaired) electrons. The van der Waals surface area contributed by atoms with E-state index in [1.807, 2.05) is 36.7 Å². The number of nitriles is 1.